The molecule has 0 aromatic heterocycles. The van der Waals surface area contributed by atoms with Gasteiger partial charge in [-0.3, -0.25) is 9.69 Å². The Bertz CT molecular complexity index is 1460. The van der Waals surface area contributed by atoms with Gasteiger partial charge >= 0.3 is 18.4 Å². The summed E-state index contributed by atoms with van der Waals surface area (Å²) in [4.78, 5) is 26.9. The number of halogens is 6. The van der Waals surface area contributed by atoms with E-state index in [1.807, 2.05) is 6.07 Å². The van der Waals surface area contributed by atoms with Crippen molar-refractivity contribution in [3.05, 3.63) is 64.2 Å². The number of methoxy groups -OCH3 is 1. The molecule has 3 aliphatic rings. The average molecular weight is 625 g/mol. The van der Waals surface area contributed by atoms with E-state index in [1.165, 1.54) is 12.0 Å². The van der Waals surface area contributed by atoms with Crippen LogP contribution in [0.3, 0.4) is 0 Å². The lowest BCUT2D eigenvalue weighted by molar-refractivity contribution is -0.143. The summed E-state index contributed by atoms with van der Waals surface area (Å²) in [6.45, 7) is 5.78. The van der Waals surface area contributed by atoms with E-state index in [0.29, 0.717) is 36.4 Å². The lowest BCUT2D eigenvalue weighted by Crippen LogP contribution is -2.35. The highest BCUT2D eigenvalue weighted by Crippen LogP contribution is 2.47. The molecule has 1 saturated heterocycles. The minimum atomic E-state index is -5.03. The molecular weight excluding hydrogens is 590 g/mol. The van der Waals surface area contributed by atoms with Gasteiger partial charge in [-0.05, 0) is 97.6 Å². The van der Waals surface area contributed by atoms with Crippen LogP contribution in [0, 0.1) is 11.3 Å². The number of cyclic esters (lactones) is 1. The Labute approximate surface area is 251 Å². The lowest BCUT2D eigenvalue weighted by Gasteiger charge is -2.36. The normalized spacial score (nSPS) is 22.2. The Balaban J connectivity index is 1.50. The maximum absolute atomic E-state index is 13.5. The summed E-state index contributed by atoms with van der Waals surface area (Å²) < 4.78 is 92.3. The Hall–Kier alpha value is -3.70. The van der Waals surface area contributed by atoms with Crippen LogP contribution >= 0.6 is 0 Å². The van der Waals surface area contributed by atoms with Crippen LogP contribution in [0.2, 0.25) is 0 Å². The highest BCUT2D eigenvalue weighted by Gasteiger charge is 2.44. The van der Waals surface area contributed by atoms with Crippen molar-refractivity contribution in [1.29, 1.82) is 0 Å². The van der Waals surface area contributed by atoms with E-state index in [-0.39, 0.29) is 35.4 Å². The van der Waals surface area contributed by atoms with E-state index in [1.54, 1.807) is 19.1 Å². The molecule has 0 radical (unpaired) electrons. The predicted octanol–water partition coefficient (Wildman–Crippen LogP) is 8.63. The van der Waals surface area contributed by atoms with Crippen LogP contribution in [0.4, 0.5) is 36.8 Å². The number of allylic oxidation sites excluding steroid dienone is 1. The smallest absolute Gasteiger partial charge is 0.416 e. The van der Waals surface area contributed by atoms with Gasteiger partial charge in [-0.1, -0.05) is 13.8 Å². The van der Waals surface area contributed by atoms with E-state index in [2.05, 4.69) is 19.2 Å². The maximum atomic E-state index is 13.5. The number of carbonyl (C=O) groups is 2. The van der Waals surface area contributed by atoms with E-state index in [0.717, 1.165) is 36.0 Å². The summed E-state index contributed by atoms with van der Waals surface area (Å²) in [5.41, 5.74) is -0.328. The van der Waals surface area contributed by atoms with Gasteiger partial charge in [0.05, 0.1) is 24.3 Å². The number of carbonyl (C=O) groups excluding carboxylic acids is 2. The molecule has 2 amide bonds. The van der Waals surface area contributed by atoms with Crippen LogP contribution in [0.15, 0.2) is 42.0 Å². The molecule has 44 heavy (non-hydrogen) atoms. The number of nitrogens with one attached hydrogen (secondary N) is 1. The second-order valence-electron chi connectivity index (χ2n) is 12.6. The molecule has 2 fully saturated rings. The topological polar surface area (TPSA) is 67.9 Å². The molecule has 1 aliphatic heterocycles. The van der Waals surface area contributed by atoms with Crippen LogP contribution in [-0.2, 0) is 21.9 Å². The van der Waals surface area contributed by atoms with Crippen molar-refractivity contribution in [1.82, 2.24) is 4.90 Å². The van der Waals surface area contributed by atoms with E-state index < -0.39 is 41.7 Å². The zero-order valence-electron chi connectivity index (χ0n) is 24.8. The van der Waals surface area contributed by atoms with Crippen molar-refractivity contribution in [2.75, 3.05) is 19.0 Å². The number of ether oxygens (including phenoxy) is 2. The maximum Gasteiger partial charge on any atom is 0.416 e. The molecule has 5 rings (SSSR count). The SMILES string of the molecule is COc1ccc(NC(=O)C2CC2)cc1C1=C(CN2C(=O)O[C@H](c3cc(C(F)(F)F)cc(C(F)(F)F)c3)[C@@H]2C)CC(C)(C)CC1. The van der Waals surface area contributed by atoms with Gasteiger partial charge in [0.2, 0.25) is 5.91 Å². The highest BCUT2D eigenvalue weighted by atomic mass is 19.4. The Morgan fingerprint density at radius 2 is 1.68 bits per heavy atom. The highest BCUT2D eigenvalue weighted by molar-refractivity contribution is 5.94. The fourth-order valence-corrected chi connectivity index (χ4v) is 6.01. The van der Waals surface area contributed by atoms with Crippen LogP contribution < -0.4 is 10.1 Å². The molecule has 0 bridgehead atoms. The lowest BCUT2D eigenvalue weighted by atomic mass is 9.72. The summed E-state index contributed by atoms with van der Waals surface area (Å²) in [6.07, 6.45) is -8.51. The summed E-state index contributed by atoms with van der Waals surface area (Å²) in [6, 6.07) is 5.75. The molecule has 12 heteroatoms. The molecule has 2 aliphatic carbocycles. The van der Waals surface area contributed by atoms with Crippen molar-refractivity contribution in [3.63, 3.8) is 0 Å². The molecule has 238 valence electrons. The van der Waals surface area contributed by atoms with Crippen LogP contribution in [0.25, 0.3) is 5.57 Å². The summed E-state index contributed by atoms with van der Waals surface area (Å²) in [5.74, 6) is 0.522. The van der Waals surface area contributed by atoms with E-state index in [9.17, 15) is 35.9 Å². The number of anilines is 1. The van der Waals surface area contributed by atoms with Crippen LogP contribution in [-0.4, -0.2) is 36.6 Å². The predicted molar refractivity (Wildman–Crippen MR) is 151 cm³/mol. The summed E-state index contributed by atoms with van der Waals surface area (Å²) in [5, 5.41) is 2.95. The number of benzene rings is 2. The number of hydrogen-bond acceptors (Lipinski definition) is 4. The molecule has 1 N–H and O–H groups in total. The first-order valence-electron chi connectivity index (χ1n) is 14.4. The van der Waals surface area contributed by atoms with Gasteiger partial charge in [-0.25, -0.2) is 4.79 Å². The minimum Gasteiger partial charge on any atom is -0.496 e. The third-order valence-corrected chi connectivity index (χ3v) is 8.60. The number of amides is 2. The van der Waals surface area contributed by atoms with Gasteiger partial charge in [-0.15, -0.1) is 0 Å². The Morgan fingerprint density at radius 1 is 1.05 bits per heavy atom. The second-order valence-corrected chi connectivity index (χ2v) is 12.6. The van der Waals surface area contributed by atoms with Gasteiger partial charge in [-0.2, -0.15) is 26.3 Å². The van der Waals surface area contributed by atoms with Crippen LogP contribution in [0.5, 0.6) is 5.75 Å². The number of nitrogens with zero attached hydrogens (tertiary/aromatic N) is 1. The second kappa shape index (κ2) is 11.3. The van der Waals surface area contributed by atoms with E-state index >= 15 is 0 Å². The number of rotatable bonds is 7. The summed E-state index contributed by atoms with van der Waals surface area (Å²) in [7, 11) is 1.53. The first-order valence-corrected chi connectivity index (χ1v) is 14.4. The van der Waals surface area contributed by atoms with Gasteiger partial charge in [0.25, 0.3) is 0 Å². The molecule has 1 heterocycles. The summed E-state index contributed by atoms with van der Waals surface area (Å²) >= 11 is 0. The molecular formula is C32H34F6N2O4. The first kappa shape index (κ1) is 31.7. The molecule has 0 unspecified atom stereocenters. The van der Waals surface area contributed by atoms with Gasteiger partial charge in [0, 0.05) is 23.7 Å². The Morgan fingerprint density at radius 3 is 2.25 bits per heavy atom. The van der Waals surface area contributed by atoms with Gasteiger partial charge in [0.15, 0.2) is 0 Å². The van der Waals surface area contributed by atoms with Crippen molar-refractivity contribution in [3.8, 4) is 5.75 Å². The van der Waals surface area contributed by atoms with Crippen molar-refractivity contribution in [2.45, 2.75) is 77.4 Å². The fourth-order valence-electron chi connectivity index (χ4n) is 6.01. The number of alkyl halides is 6. The molecule has 0 spiro atoms. The zero-order chi connectivity index (χ0) is 32.2. The third-order valence-electron chi connectivity index (χ3n) is 8.60. The molecule has 2 aromatic rings. The third kappa shape index (κ3) is 6.68. The molecule has 6 nitrogen and oxygen atoms in total. The van der Waals surface area contributed by atoms with Gasteiger partial charge in [0.1, 0.15) is 11.9 Å². The monoisotopic (exact) mass is 624 g/mol. The standard InChI is InChI=1S/C32H34F6N2O4/c1-17-27(19-11-21(31(33,34)35)13-22(12-19)32(36,37)38)44-29(42)40(17)16-20-15-30(2,3)10-9-24(20)25-14-23(7-8-26(25)43-4)39-28(41)18-5-6-18/h7-8,11-14,17-18,27H,5-6,9-10,15-16H2,1-4H3,(H,39,41)/t17-,27-/m0/s1. The zero-order valence-corrected chi connectivity index (χ0v) is 24.8. The largest absolute Gasteiger partial charge is 0.496 e. The first-order chi connectivity index (χ1) is 20.5. The van der Waals surface area contributed by atoms with E-state index in [4.69, 9.17) is 9.47 Å². The van der Waals surface area contributed by atoms with Gasteiger partial charge < -0.3 is 14.8 Å². The fraction of sp³-hybridized carbons (Fsp3) is 0.500. The van der Waals surface area contributed by atoms with Crippen molar-refractivity contribution >= 4 is 23.3 Å². The molecule has 1 saturated carbocycles. The molecule has 2 atom stereocenters. The minimum absolute atomic E-state index is 0.00505. The van der Waals surface area contributed by atoms with Crippen molar-refractivity contribution in [2.24, 2.45) is 11.3 Å². The average Bonchev–Trinajstić information content (AvgIpc) is 3.75. The van der Waals surface area contributed by atoms with Crippen LogP contribution in [0.1, 0.15) is 81.2 Å². The van der Waals surface area contributed by atoms with Crippen molar-refractivity contribution < 1.29 is 45.4 Å². The molecule has 2 aromatic carbocycles. The Kier molecular flexibility index (Phi) is 8.17. The quantitative estimate of drug-likeness (QED) is 0.313. The number of hydrogen-bond donors (Lipinski definition) is 1.